The number of alkyl halides is 1. The van der Waals surface area contributed by atoms with Crippen molar-refractivity contribution < 1.29 is 33.7 Å². The number of carbonyl (C=O) groups excluding carboxylic acids is 2. The maximum Gasteiger partial charge on any atom is 0.284 e. The second-order valence-corrected chi connectivity index (χ2v) is 12.6. The number of hydrogen-bond acceptors (Lipinski definition) is 6. The van der Waals surface area contributed by atoms with E-state index in [-0.39, 0.29) is 42.3 Å². The van der Waals surface area contributed by atoms with Gasteiger partial charge in [-0.15, -0.1) is 0 Å². The molecule has 1 aliphatic heterocycles. The predicted octanol–water partition coefficient (Wildman–Crippen LogP) is 4.43. The Morgan fingerprint density at radius 2 is 1.97 bits per heavy atom. The molecule has 2 N–H and O–H groups in total. The Kier molecular flexibility index (Phi) is 6.04. The molecule has 0 bridgehead atoms. The first-order chi connectivity index (χ1) is 16.8. The summed E-state index contributed by atoms with van der Waals surface area (Å²) in [6.07, 6.45) is 7.40. The van der Waals surface area contributed by atoms with Crippen LogP contribution in [0, 0.1) is 34.5 Å². The second-order valence-electron chi connectivity index (χ2n) is 12.6. The topological polar surface area (TPSA) is 93.1 Å². The number of ketones is 2. The Morgan fingerprint density at radius 3 is 2.67 bits per heavy atom. The van der Waals surface area contributed by atoms with Crippen molar-refractivity contribution in [2.45, 2.75) is 103 Å². The van der Waals surface area contributed by atoms with E-state index >= 15 is 4.39 Å². The number of aliphatic hydroxyl groups excluding tert-OH is 1. The minimum Gasteiger partial charge on any atom is -0.390 e. The number of aliphatic hydroxyl groups is 2. The molecule has 2 unspecified atom stereocenters. The SMILES string of the molecule is CCCCC(C)C1(O)OCC(=O)[C@@]2(O1)[C@H](C)C[C@H]1[C@@H]3CCC4=CC(=O)C=C[C@]4(C)[C@@]3(F)[C@@H](O)C[C@@]12C. The summed E-state index contributed by atoms with van der Waals surface area (Å²) in [5.74, 6) is -3.68. The molecular formula is C29H41FO6. The Morgan fingerprint density at radius 1 is 1.25 bits per heavy atom. The number of ether oxygens (including phenoxy) is 2. The van der Waals surface area contributed by atoms with Gasteiger partial charge in [0, 0.05) is 22.7 Å². The maximum absolute atomic E-state index is 17.4. The van der Waals surface area contributed by atoms with Crippen LogP contribution in [0.15, 0.2) is 23.8 Å². The van der Waals surface area contributed by atoms with Gasteiger partial charge in [-0.1, -0.05) is 52.2 Å². The summed E-state index contributed by atoms with van der Waals surface area (Å²) < 4.78 is 29.5. The van der Waals surface area contributed by atoms with Gasteiger partial charge in [0.2, 0.25) is 0 Å². The van der Waals surface area contributed by atoms with Crippen LogP contribution in [0.3, 0.4) is 0 Å². The number of hydrogen-bond donors (Lipinski definition) is 2. The van der Waals surface area contributed by atoms with Crippen molar-refractivity contribution in [3.05, 3.63) is 23.8 Å². The van der Waals surface area contributed by atoms with E-state index in [0.717, 1.165) is 18.4 Å². The lowest BCUT2D eigenvalue weighted by molar-refractivity contribution is -0.439. The summed E-state index contributed by atoms with van der Waals surface area (Å²) in [6.45, 7) is 9.36. The highest BCUT2D eigenvalue weighted by Gasteiger charge is 2.78. The van der Waals surface area contributed by atoms with Gasteiger partial charge in [0.15, 0.2) is 17.2 Å². The number of Topliss-reactive ketones (excluding diaryl/α,β-unsaturated/α-hetero) is 1. The molecule has 4 fully saturated rings. The Labute approximate surface area is 213 Å². The van der Waals surface area contributed by atoms with Crippen molar-refractivity contribution in [3.63, 3.8) is 0 Å². The van der Waals surface area contributed by atoms with Crippen molar-refractivity contribution in [2.75, 3.05) is 6.61 Å². The summed E-state index contributed by atoms with van der Waals surface area (Å²) in [7, 11) is 0. The molecule has 1 saturated heterocycles. The fraction of sp³-hybridized carbons (Fsp3) is 0.793. The molecule has 5 rings (SSSR count). The molecule has 7 heteroatoms. The third-order valence-electron chi connectivity index (χ3n) is 10.9. The van der Waals surface area contributed by atoms with E-state index in [0.29, 0.717) is 25.7 Å². The van der Waals surface area contributed by atoms with Gasteiger partial charge in [-0.25, -0.2) is 4.39 Å². The molecule has 0 radical (unpaired) electrons. The largest absolute Gasteiger partial charge is 0.390 e. The van der Waals surface area contributed by atoms with Crippen molar-refractivity contribution in [2.24, 2.45) is 34.5 Å². The first-order valence-electron chi connectivity index (χ1n) is 13.7. The lowest BCUT2D eigenvalue weighted by Crippen LogP contribution is -2.72. The number of halogens is 1. The van der Waals surface area contributed by atoms with Crippen LogP contribution in [-0.2, 0) is 19.1 Å². The van der Waals surface area contributed by atoms with Gasteiger partial charge in [-0.3, -0.25) is 9.59 Å². The quantitative estimate of drug-likeness (QED) is 0.588. The van der Waals surface area contributed by atoms with Crippen molar-refractivity contribution >= 4 is 11.6 Å². The highest BCUT2D eigenvalue weighted by Crippen LogP contribution is 2.72. The zero-order chi connectivity index (χ0) is 26.3. The van der Waals surface area contributed by atoms with Gasteiger partial charge in [-0.2, -0.15) is 0 Å². The first-order valence-corrected chi connectivity index (χ1v) is 13.7. The van der Waals surface area contributed by atoms with Gasteiger partial charge >= 0.3 is 0 Å². The van der Waals surface area contributed by atoms with Crippen LogP contribution < -0.4 is 0 Å². The minimum atomic E-state index is -1.97. The van der Waals surface area contributed by atoms with E-state index in [1.54, 1.807) is 13.0 Å². The Hall–Kier alpha value is -1.41. The molecule has 0 amide bonds. The molecule has 0 aromatic rings. The third kappa shape index (κ3) is 3.09. The maximum atomic E-state index is 17.4. The monoisotopic (exact) mass is 504 g/mol. The van der Waals surface area contributed by atoms with Crippen molar-refractivity contribution in [3.8, 4) is 0 Å². The van der Waals surface area contributed by atoms with Gasteiger partial charge in [0.25, 0.3) is 5.97 Å². The molecule has 200 valence electrons. The van der Waals surface area contributed by atoms with Crippen molar-refractivity contribution in [1.29, 1.82) is 0 Å². The van der Waals surface area contributed by atoms with Crippen LogP contribution in [0.5, 0.6) is 0 Å². The van der Waals surface area contributed by atoms with E-state index in [9.17, 15) is 19.8 Å². The van der Waals surface area contributed by atoms with E-state index in [1.807, 2.05) is 20.8 Å². The molecule has 3 saturated carbocycles. The summed E-state index contributed by atoms with van der Waals surface area (Å²) in [5, 5.41) is 23.1. The molecule has 4 aliphatic carbocycles. The number of fused-ring (bicyclic) bond motifs is 6. The molecule has 6 nitrogen and oxygen atoms in total. The zero-order valence-electron chi connectivity index (χ0n) is 22.2. The van der Waals surface area contributed by atoms with Gasteiger partial charge in [0.05, 0.1) is 6.10 Å². The zero-order valence-corrected chi connectivity index (χ0v) is 22.2. The second kappa shape index (κ2) is 8.29. The van der Waals surface area contributed by atoms with Crippen LogP contribution in [0.25, 0.3) is 0 Å². The number of unbranched alkanes of at least 4 members (excludes halogenated alkanes) is 1. The molecule has 1 heterocycles. The lowest BCUT2D eigenvalue weighted by Gasteiger charge is -2.64. The number of allylic oxidation sites excluding steroid dienone is 4. The summed E-state index contributed by atoms with van der Waals surface area (Å²) in [4.78, 5) is 25.8. The first kappa shape index (κ1) is 26.2. The van der Waals surface area contributed by atoms with E-state index in [2.05, 4.69) is 6.92 Å². The van der Waals surface area contributed by atoms with Crippen LogP contribution >= 0.6 is 0 Å². The van der Waals surface area contributed by atoms with Crippen LogP contribution in [0.2, 0.25) is 0 Å². The normalized spacial score (nSPS) is 50.9. The molecule has 0 aromatic carbocycles. The van der Waals surface area contributed by atoms with Crippen LogP contribution in [0.4, 0.5) is 4.39 Å². The molecule has 1 spiro atoms. The molecule has 10 atom stereocenters. The molecule has 0 aromatic heterocycles. The summed E-state index contributed by atoms with van der Waals surface area (Å²) >= 11 is 0. The standard InChI is InChI=1S/C29H41FO6/c1-6-7-8-17(2)29(34)35-16-24(33)28(36-29)18(3)13-22-21-10-9-19-14-20(31)11-12-25(19,4)27(21,30)23(32)15-26(22,28)5/h11-12,14,17-18,21-23,32,34H,6-10,13,15-16H2,1-5H3/t17?,18-,21+,22+,23+,25+,26+,27+,28+,29?/m1/s1. The smallest absolute Gasteiger partial charge is 0.284 e. The van der Waals surface area contributed by atoms with Crippen molar-refractivity contribution in [1.82, 2.24) is 0 Å². The molecule has 5 aliphatic rings. The fourth-order valence-corrected chi connectivity index (χ4v) is 8.87. The van der Waals surface area contributed by atoms with E-state index < -0.39 is 40.1 Å². The molecule has 36 heavy (non-hydrogen) atoms. The number of rotatable bonds is 4. The minimum absolute atomic E-state index is 0.0326. The highest BCUT2D eigenvalue weighted by atomic mass is 19.1. The molecular weight excluding hydrogens is 463 g/mol. The average molecular weight is 505 g/mol. The summed E-state index contributed by atoms with van der Waals surface area (Å²) in [5.41, 5.74) is -4.57. The van der Waals surface area contributed by atoms with Gasteiger partial charge < -0.3 is 19.7 Å². The van der Waals surface area contributed by atoms with Gasteiger partial charge in [0.1, 0.15) is 12.2 Å². The average Bonchev–Trinajstić information content (AvgIpc) is 3.03. The Balaban J connectivity index is 1.56. The predicted molar refractivity (Wildman–Crippen MR) is 131 cm³/mol. The third-order valence-corrected chi connectivity index (χ3v) is 10.9. The highest BCUT2D eigenvalue weighted by molar-refractivity contribution is 6.01. The van der Waals surface area contributed by atoms with E-state index in [4.69, 9.17) is 9.47 Å². The Bertz CT molecular complexity index is 1020. The lowest BCUT2D eigenvalue weighted by atomic mass is 9.44. The summed E-state index contributed by atoms with van der Waals surface area (Å²) in [6, 6.07) is 0. The van der Waals surface area contributed by atoms with Crippen LogP contribution in [-0.4, -0.2) is 51.7 Å². The van der Waals surface area contributed by atoms with Gasteiger partial charge in [-0.05, 0) is 63.0 Å². The fourth-order valence-electron chi connectivity index (χ4n) is 8.87. The van der Waals surface area contributed by atoms with Crippen LogP contribution in [0.1, 0.15) is 79.6 Å². The van der Waals surface area contributed by atoms with E-state index in [1.165, 1.54) is 12.2 Å². The number of carbonyl (C=O) groups is 2.